The number of carbonyl (C=O) groups excluding carboxylic acids is 2. The number of rotatable bonds is 14. The van der Waals surface area contributed by atoms with E-state index < -0.39 is 19.2 Å². The first-order valence-electron chi connectivity index (χ1n) is 16.3. The highest BCUT2D eigenvalue weighted by atomic mass is 32.2. The number of esters is 1. The second-order valence-corrected chi connectivity index (χ2v) is 19.2. The van der Waals surface area contributed by atoms with Crippen LogP contribution in [0.4, 0.5) is 5.69 Å². The fraction of sp³-hybridized carbons (Fsp3) is 0.457. The van der Waals surface area contributed by atoms with Crippen molar-refractivity contribution in [3.63, 3.8) is 0 Å². The lowest BCUT2D eigenvalue weighted by Gasteiger charge is -2.49. The number of aliphatic hydroxyl groups excluding tert-OH is 1. The summed E-state index contributed by atoms with van der Waals surface area (Å²) in [7, 11) is -1.98. The van der Waals surface area contributed by atoms with E-state index in [1.807, 2.05) is 32.0 Å². The molecule has 2 aliphatic rings. The van der Waals surface area contributed by atoms with Crippen molar-refractivity contribution in [2.45, 2.75) is 82.3 Å². The molecule has 1 N–H and O–H groups in total. The van der Waals surface area contributed by atoms with Gasteiger partial charge in [-0.2, -0.15) is 0 Å². The number of carbonyl (C=O) groups is 2. The molecule has 2 aromatic carbocycles. The molecule has 13 heteroatoms. The van der Waals surface area contributed by atoms with Gasteiger partial charge in [-0.3, -0.25) is 14.9 Å². The summed E-state index contributed by atoms with van der Waals surface area (Å²) in [6.07, 6.45) is 0.294. The second-order valence-electron chi connectivity index (χ2n) is 12.2. The summed E-state index contributed by atoms with van der Waals surface area (Å²) in [5.41, 5.74) is 3.20. The van der Waals surface area contributed by atoms with Crippen LogP contribution in [0.1, 0.15) is 45.7 Å². The number of non-ortho nitro benzene ring substituents is 1. The first kappa shape index (κ1) is 35.8. The average molecular weight is 708 g/mol. The van der Waals surface area contributed by atoms with Crippen LogP contribution in [-0.4, -0.2) is 64.6 Å². The summed E-state index contributed by atoms with van der Waals surface area (Å²) in [6, 6.07) is 14.5. The number of β-lactam (4-membered cyclic amide) rings is 1. The van der Waals surface area contributed by atoms with Gasteiger partial charge in [0.1, 0.15) is 12.3 Å². The van der Waals surface area contributed by atoms with Gasteiger partial charge in [0.05, 0.1) is 39.0 Å². The number of nitrogens with zero attached hydrogens (tertiary/aromatic N) is 3. The Morgan fingerprint density at radius 2 is 1.85 bits per heavy atom. The molecule has 0 unspecified atom stereocenters. The monoisotopic (exact) mass is 707 g/mol. The van der Waals surface area contributed by atoms with E-state index in [1.165, 1.54) is 23.9 Å². The minimum atomic E-state index is -1.98. The van der Waals surface area contributed by atoms with E-state index in [2.05, 4.69) is 32.6 Å². The Morgan fingerprint density at radius 1 is 1.17 bits per heavy atom. The molecule has 0 aliphatic carbocycles. The Bertz CT molecular complexity index is 1770. The molecule has 5 rings (SSSR count). The predicted octanol–water partition coefficient (Wildman–Crippen LogP) is 6.72. The van der Waals surface area contributed by atoms with Crippen LogP contribution in [0.2, 0.25) is 18.1 Å². The molecule has 10 nitrogen and oxygen atoms in total. The Kier molecular flexibility index (Phi) is 11.4. The molecular weight excluding hydrogens is 667 g/mol. The van der Waals surface area contributed by atoms with E-state index in [4.69, 9.17) is 14.1 Å². The molecule has 4 atom stereocenters. The third-order valence-corrected chi connectivity index (χ3v) is 16.4. The van der Waals surface area contributed by atoms with Crippen LogP contribution in [0, 0.1) is 33.8 Å². The number of ether oxygens (including phenoxy) is 1. The first-order chi connectivity index (χ1) is 23.1. The molecule has 0 bridgehead atoms. The molecule has 1 fully saturated rings. The van der Waals surface area contributed by atoms with Crippen LogP contribution in [0.5, 0.6) is 0 Å². The van der Waals surface area contributed by atoms with Crippen molar-refractivity contribution < 1.29 is 28.8 Å². The average Bonchev–Trinajstić information content (AvgIpc) is 3.60. The van der Waals surface area contributed by atoms with Crippen molar-refractivity contribution in [1.29, 1.82) is 0 Å². The first-order valence-corrected chi connectivity index (χ1v) is 20.7. The Labute approximate surface area is 290 Å². The van der Waals surface area contributed by atoms with Crippen molar-refractivity contribution in [3.05, 3.63) is 75.0 Å². The van der Waals surface area contributed by atoms with Crippen molar-refractivity contribution >= 4 is 59.2 Å². The molecule has 0 saturated carbocycles. The number of nitro groups is 1. The Balaban J connectivity index is 1.36. The van der Waals surface area contributed by atoms with E-state index in [9.17, 15) is 24.8 Å². The lowest BCUT2D eigenvalue weighted by Crippen LogP contribution is -2.65. The fourth-order valence-corrected chi connectivity index (χ4v) is 11.4. The van der Waals surface area contributed by atoms with E-state index in [-0.39, 0.29) is 54.5 Å². The largest absolute Gasteiger partial charge is 0.456 e. The van der Waals surface area contributed by atoms with Crippen molar-refractivity contribution in [1.82, 2.24) is 9.88 Å². The van der Waals surface area contributed by atoms with E-state index in [0.29, 0.717) is 23.3 Å². The summed E-state index contributed by atoms with van der Waals surface area (Å²) in [4.78, 5) is 44.2. The predicted molar refractivity (Wildman–Crippen MR) is 190 cm³/mol. The van der Waals surface area contributed by atoms with Gasteiger partial charge in [0.15, 0.2) is 12.7 Å². The molecule has 1 aromatic heterocycles. The SMILES string of the molecule is CC[Si](CC)(CC)O[C@H](C)[C@H]1C(=O)N2C(C(=O)OCc3ccc([N+](=O)[O-])cc3)=C(C#CCSc3nc4cc(CCO)ccc4s3)[C@H](C)[C@H]12. The molecule has 48 heavy (non-hydrogen) atoms. The van der Waals surface area contributed by atoms with Crippen LogP contribution in [-0.2, 0) is 31.8 Å². The zero-order valence-corrected chi connectivity index (χ0v) is 30.5. The second kappa shape index (κ2) is 15.3. The van der Waals surface area contributed by atoms with Gasteiger partial charge in [-0.15, -0.1) is 11.3 Å². The van der Waals surface area contributed by atoms with Gasteiger partial charge < -0.3 is 19.2 Å². The maximum Gasteiger partial charge on any atom is 0.356 e. The quantitative estimate of drug-likeness (QED) is 0.0369. The van der Waals surface area contributed by atoms with E-state index >= 15 is 0 Å². The highest BCUT2D eigenvalue weighted by Gasteiger charge is 2.61. The van der Waals surface area contributed by atoms with Gasteiger partial charge in [-0.1, -0.05) is 57.4 Å². The molecular formula is C35H41N3O7S2Si. The summed E-state index contributed by atoms with van der Waals surface area (Å²) >= 11 is 3.09. The zero-order valence-electron chi connectivity index (χ0n) is 27.9. The maximum atomic E-state index is 13.8. The maximum absolute atomic E-state index is 13.8. The molecule has 1 amide bonds. The number of fused-ring (bicyclic) bond motifs is 2. The minimum absolute atomic E-state index is 0.0529. The number of thiazole rings is 1. The third kappa shape index (κ3) is 7.23. The van der Waals surface area contributed by atoms with E-state index in [0.717, 1.165) is 38.3 Å². The zero-order chi connectivity index (χ0) is 34.6. The van der Waals surface area contributed by atoms with Crippen LogP contribution >= 0.6 is 23.1 Å². The summed E-state index contributed by atoms with van der Waals surface area (Å²) in [5.74, 6) is 5.47. The Hall–Kier alpha value is -3.54. The normalized spacial score (nSPS) is 19.5. The van der Waals surface area contributed by atoms with Crippen LogP contribution in [0.25, 0.3) is 10.2 Å². The van der Waals surface area contributed by atoms with Gasteiger partial charge in [0, 0.05) is 30.2 Å². The molecule has 0 spiro atoms. The van der Waals surface area contributed by atoms with Crippen LogP contribution in [0.15, 0.2) is 58.1 Å². The van der Waals surface area contributed by atoms with Crippen molar-refractivity contribution in [2.24, 2.45) is 11.8 Å². The number of amides is 1. The third-order valence-electron chi connectivity index (χ3n) is 9.56. The number of thioether (sulfide) groups is 1. The molecule has 1 saturated heterocycles. The van der Waals surface area contributed by atoms with Gasteiger partial charge >= 0.3 is 5.97 Å². The summed E-state index contributed by atoms with van der Waals surface area (Å²) < 4.78 is 14.3. The number of hydrogen-bond donors (Lipinski definition) is 1. The molecule has 0 radical (unpaired) electrons. The number of aliphatic hydroxyl groups is 1. The standard InChI is InChI=1S/C35H41N3O7S2Si/c1-6-48(7-2,8-3)45-23(5)30-31-22(4)27(10-9-19-46-35-36-28-20-24(17-18-39)13-16-29(28)47-35)32(37(31)33(30)40)34(41)44-21-25-11-14-26(15-12-25)38(42)43/h11-16,20,22-23,30-31,39H,6-8,17-19,21H2,1-5H3/t22-,23+,30+,31+/m0/s1. The van der Waals surface area contributed by atoms with Gasteiger partial charge in [-0.05, 0) is 66.9 Å². The van der Waals surface area contributed by atoms with Crippen LogP contribution in [0.3, 0.4) is 0 Å². The smallest absolute Gasteiger partial charge is 0.356 e. The number of aromatic nitrogens is 1. The number of benzene rings is 2. The minimum Gasteiger partial charge on any atom is -0.456 e. The molecule has 3 heterocycles. The Morgan fingerprint density at radius 3 is 2.50 bits per heavy atom. The number of nitro benzene ring substituents is 1. The lowest BCUT2D eigenvalue weighted by molar-refractivity contribution is -0.384. The highest BCUT2D eigenvalue weighted by molar-refractivity contribution is 8.01. The van der Waals surface area contributed by atoms with E-state index in [1.54, 1.807) is 28.4 Å². The highest BCUT2D eigenvalue weighted by Crippen LogP contribution is 2.48. The molecule has 254 valence electrons. The fourth-order valence-electron chi connectivity index (χ4n) is 6.63. The summed E-state index contributed by atoms with van der Waals surface area (Å²) in [6.45, 7) is 10.4. The van der Waals surface area contributed by atoms with Gasteiger partial charge in [-0.25, -0.2) is 9.78 Å². The van der Waals surface area contributed by atoms with Gasteiger partial charge in [0.25, 0.3) is 5.69 Å². The molecule has 2 aliphatic heterocycles. The van der Waals surface area contributed by atoms with Crippen LogP contribution < -0.4 is 0 Å². The van der Waals surface area contributed by atoms with Crippen molar-refractivity contribution in [3.8, 4) is 11.8 Å². The summed E-state index contributed by atoms with van der Waals surface area (Å²) in [5, 5.41) is 20.3. The lowest BCUT2D eigenvalue weighted by atomic mass is 9.78. The van der Waals surface area contributed by atoms with Crippen molar-refractivity contribution in [2.75, 3.05) is 12.4 Å². The van der Waals surface area contributed by atoms with Gasteiger partial charge in [0.2, 0.25) is 5.91 Å². The number of hydrogen-bond acceptors (Lipinski definition) is 10. The molecule has 3 aromatic rings. The topological polar surface area (TPSA) is 132 Å².